The van der Waals surface area contributed by atoms with Crippen molar-refractivity contribution in [1.82, 2.24) is 15.0 Å². The Morgan fingerprint density at radius 2 is 1.81 bits per heavy atom. The molecular formula is C21H25N5. The first-order valence-electron chi connectivity index (χ1n) is 8.77. The number of para-hydroxylation sites is 1. The van der Waals surface area contributed by atoms with E-state index in [0.717, 1.165) is 22.8 Å². The van der Waals surface area contributed by atoms with E-state index in [1.807, 2.05) is 37.4 Å². The number of aryl methyl sites for hydroxylation is 1. The minimum Gasteiger partial charge on any atom is -0.350 e. The molecule has 0 aliphatic heterocycles. The fourth-order valence-electron chi connectivity index (χ4n) is 2.78. The fraction of sp³-hybridized carbons (Fsp3) is 0.286. The average molecular weight is 347 g/mol. The van der Waals surface area contributed by atoms with E-state index in [2.05, 4.69) is 64.6 Å². The lowest BCUT2D eigenvalue weighted by molar-refractivity contribution is 0.592. The lowest BCUT2D eigenvalue weighted by Gasteiger charge is -2.23. The Kier molecular flexibility index (Phi) is 5.16. The van der Waals surface area contributed by atoms with Crippen LogP contribution in [0, 0.1) is 6.92 Å². The molecule has 1 aromatic carbocycles. The summed E-state index contributed by atoms with van der Waals surface area (Å²) in [6, 6.07) is 14.2. The first kappa shape index (κ1) is 17.9. The molecule has 0 saturated heterocycles. The Morgan fingerprint density at radius 1 is 1.00 bits per heavy atom. The highest BCUT2D eigenvalue weighted by Crippen LogP contribution is 2.31. The van der Waals surface area contributed by atoms with Crippen molar-refractivity contribution in [2.24, 2.45) is 0 Å². The van der Waals surface area contributed by atoms with E-state index in [0.29, 0.717) is 12.5 Å². The minimum absolute atomic E-state index is 0.0487. The Balaban J connectivity index is 1.80. The second-order valence-electron chi connectivity index (χ2n) is 7.35. The molecule has 5 nitrogen and oxygen atoms in total. The van der Waals surface area contributed by atoms with Crippen LogP contribution in [-0.2, 0) is 12.0 Å². The molecule has 2 N–H and O–H groups in total. The summed E-state index contributed by atoms with van der Waals surface area (Å²) >= 11 is 0. The first-order valence-corrected chi connectivity index (χ1v) is 8.77. The highest BCUT2D eigenvalue weighted by molar-refractivity contribution is 5.63. The minimum atomic E-state index is 0.0487. The van der Waals surface area contributed by atoms with Gasteiger partial charge in [0.1, 0.15) is 5.82 Å². The van der Waals surface area contributed by atoms with Crippen molar-refractivity contribution < 1.29 is 0 Å². The molecule has 0 aliphatic rings. The SMILES string of the molecule is Cc1cc(Nc2ccccc2C(C)(C)C)nc(NCc2cccnc2)n1. The zero-order valence-electron chi connectivity index (χ0n) is 15.7. The van der Waals surface area contributed by atoms with Crippen LogP contribution in [0.3, 0.4) is 0 Å². The molecule has 2 aromatic heterocycles. The molecule has 0 aliphatic carbocycles. The van der Waals surface area contributed by atoms with E-state index in [-0.39, 0.29) is 5.41 Å². The van der Waals surface area contributed by atoms with Crippen molar-refractivity contribution in [3.63, 3.8) is 0 Å². The van der Waals surface area contributed by atoms with Crippen molar-refractivity contribution in [3.8, 4) is 0 Å². The monoisotopic (exact) mass is 347 g/mol. The number of nitrogens with zero attached hydrogens (tertiary/aromatic N) is 3. The molecular weight excluding hydrogens is 322 g/mol. The number of rotatable bonds is 5. The van der Waals surface area contributed by atoms with Gasteiger partial charge in [-0.1, -0.05) is 45.0 Å². The topological polar surface area (TPSA) is 62.7 Å². The fourth-order valence-corrected chi connectivity index (χ4v) is 2.78. The van der Waals surface area contributed by atoms with Crippen LogP contribution in [0.5, 0.6) is 0 Å². The maximum atomic E-state index is 4.61. The van der Waals surface area contributed by atoms with Gasteiger partial charge in [-0.2, -0.15) is 4.98 Å². The molecule has 0 bridgehead atoms. The molecule has 0 radical (unpaired) electrons. The molecule has 0 fully saturated rings. The molecule has 3 rings (SSSR count). The van der Waals surface area contributed by atoms with Crippen LogP contribution >= 0.6 is 0 Å². The van der Waals surface area contributed by atoms with Gasteiger partial charge in [0.15, 0.2) is 0 Å². The van der Waals surface area contributed by atoms with Crippen molar-refractivity contribution in [1.29, 1.82) is 0 Å². The highest BCUT2D eigenvalue weighted by atomic mass is 15.1. The van der Waals surface area contributed by atoms with E-state index >= 15 is 0 Å². The van der Waals surface area contributed by atoms with Crippen molar-refractivity contribution in [2.75, 3.05) is 10.6 Å². The number of hydrogen-bond acceptors (Lipinski definition) is 5. The van der Waals surface area contributed by atoms with Gasteiger partial charge in [0.05, 0.1) is 0 Å². The average Bonchev–Trinajstić information content (AvgIpc) is 2.60. The molecule has 5 heteroatoms. The number of pyridine rings is 1. The third kappa shape index (κ3) is 4.57. The van der Waals surface area contributed by atoms with Gasteiger partial charge in [0, 0.05) is 36.4 Å². The van der Waals surface area contributed by atoms with Crippen molar-refractivity contribution in [2.45, 2.75) is 39.7 Å². The number of anilines is 3. The molecule has 26 heavy (non-hydrogen) atoms. The third-order valence-corrected chi connectivity index (χ3v) is 4.03. The molecule has 0 unspecified atom stereocenters. The Hall–Kier alpha value is -2.95. The van der Waals surface area contributed by atoms with Crippen LogP contribution in [0.4, 0.5) is 17.5 Å². The van der Waals surface area contributed by atoms with Crippen LogP contribution in [0.25, 0.3) is 0 Å². The van der Waals surface area contributed by atoms with Gasteiger partial charge in [-0.25, -0.2) is 4.98 Å². The van der Waals surface area contributed by atoms with E-state index in [9.17, 15) is 0 Å². The number of benzene rings is 1. The predicted octanol–water partition coefficient (Wildman–Crippen LogP) is 4.83. The summed E-state index contributed by atoms with van der Waals surface area (Å²) in [5, 5.41) is 6.73. The standard InChI is InChI=1S/C21H25N5/c1-15-12-19(25-18-10-6-5-9-17(18)21(2,3)4)26-20(24-15)23-14-16-8-7-11-22-13-16/h5-13H,14H2,1-4H3,(H2,23,24,25,26). The van der Waals surface area contributed by atoms with Gasteiger partial charge >= 0.3 is 0 Å². The summed E-state index contributed by atoms with van der Waals surface area (Å²) in [7, 11) is 0. The lowest BCUT2D eigenvalue weighted by Crippen LogP contribution is -2.14. The first-order chi connectivity index (χ1) is 12.4. The Labute approximate surface area is 154 Å². The molecule has 0 amide bonds. The quantitative estimate of drug-likeness (QED) is 0.692. The number of aromatic nitrogens is 3. The predicted molar refractivity (Wildman–Crippen MR) is 107 cm³/mol. The lowest BCUT2D eigenvalue weighted by atomic mass is 9.86. The largest absolute Gasteiger partial charge is 0.350 e. The van der Waals surface area contributed by atoms with Crippen molar-refractivity contribution >= 4 is 17.5 Å². The van der Waals surface area contributed by atoms with E-state index < -0.39 is 0 Å². The molecule has 0 saturated carbocycles. The molecule has 3 aromatic rings. The van der Waals surface area contributed by atoms with Gasteiger partial charge in [0.2, 0.25) is 5.95 Å². The second-order valence-corrected chi connectivity index (χ2v) is 7.35. The van der Waals surface area contributed by atoms with Crippen molar-refractivity contribution in [3.05, 3.63) is 71.7 Å². The Morgan fingerprint density at radius 3 is 2.54 bits per heavy atom. The smallest absolute Gasteiger partial charge is 0.225 e. The molecule has 0 spiro atoms. The molecule has 0 atom stereocenters. The molecule has 134 valence electrons. The zero-order valence-corrected chi connectivity index (χ0v) is 15.7. The summed E-state index contributed by atoms with van der Waals surface area (Å²) in [6.07, 6.45) is 3.60. The van der Waals surface area contributed by atoms with E-state index in [1.165, 1.54) is 5.56 Å². The summed E-state index contributed by atoms with van der Waals surface area (Å²) in [6.45, 7) is 9.23. The Bertz CT molecular complexity index is 869. The highest BCUT2D eigenvalue weighted by Gasteiger charge is 2.17. The normalized spacial score (nSPS) is 11.2. The zero-order chi connectivity index (χ0) is 18.6. The van der Waals surface area contributed by atoms with E-state index in [4.69, 9.17) is 0 Å². The van der Waals surface area contributed by atoms with Crippen LogP contribution in [0.2, 0.25) is 0 Å². The second kappa shape index (κ2) is 7.52. The summed E-state index contributed by atoms with van der Waals surface area (Å²) in [5.41, 5.74) is 4.36. The van der Waals surface area contributed by atoms with Crippen LogP contribution in [0.1, 0.15) is 37.6 Å². The van der Waals surface area contributed by atoms with E-state index in [1.54, 1.807) is 6.20 Å². The van der Waals surface area contributed by atoms with Gasteiger partial charge in [0.25, 0.3) is 0 Å². The van der Waals surface area contributed by atoms with Gasteiger partial charge in [-0.05, 0) is 35.6 Å². The van der Waals surface area contributed by atoms with Crippen LogP contribution in [0.15, 0.2) is 54.9 Å². The summed E-state index contributed by atoms with van der Waals surface area (Å²) in [4.78, 5) is 13.2. The van der Waals surface area contributed by atoms with Gasteiger partial charge in [-0.15, -0.1) is 0 Å². The summed E-state index contributed by atoms with van der Waals surface area (Å²) < 4.78 is 0. The maximum absolute atomic E-state index is 4.61. The van der Waals surface area contributed by atoms with Gasteiger partial charge in [-0.3, -0.25) is 4.98 Å². The number of nitrogens with one attached hydrogen (secondary N) is 2. The third-order valence-electron chi connectivity index (χ3n) is 4.03. The number of hydrogen-bond donors (Lipinski definition) is 2. The molecule has 2 heterocycles. The maximum Gasteiger partial charge on any atom is 0.225 e. The summed E-state index contributed by atoms with van der Waals surface area (Å²) in [5.74, 6) is 1.38. The van der Waals surface area contributed by atoms with Gasteiger partial charge < -0.3 is 10.6 Å². The van der Waals surface area contributed by atoms with Crippen LogP contribution < -0.4 is 10.6 Å². The van der Waals surface area contributed by atoms with Crippen LogP contribution in [-0.4, -0.2) is 15.0 Å².